The fraction of sp³-hybridized carbons (Fsp3) is 0.174. The van der Waals surface area contributed by atoms with Crippen molar-refractivity contribution in [2.45, 2.75) is 19.9 Å². The molecule has 1 amide bonds. The number of carbonyl (C=O) groups is 1. The lowest BCUT2D eigenvalue weighted by molar-refractivity contribution is 0.0943. The smallest absolute Gasteiger partial charge is 0.252 e. The van der Waals surface area contributed by atoms with E-state index in [1.807, 2.05) is 49.4 Å². The maximum atomic E-state index is 12.9. The fourth-order valence-electron chi connectivity index (χ4n) is 3.00. The molecule has 26 heavy (non-hydrogen) atoms. The third-order valence-electron chi connectivity index (χ3n) is 4.48. The van der Waals surface area contributed by atoms with Crippen LogP contribution in [0.1, 0.15) is 38.7 Å². The molecule has 0 saturated carbocycles. The zero-order valence-corrected chi connectivity index (χ0v) is 15.3. The molecule has 0 aliphatic heterocycles. The molecule has 0 aliphatic carbocycles. The van der Waals surface area contributed by atoms with Crippen LogP contribution in [0.3, 0.4) is 0 Å². The number of hydrogen-bond acceptors (Lipinski definition) is 2. The molecule has 0 aromatic heterocycles. The average molecular weight is 345 g/mol. The van der Waals surface area contributed by atoms with Crippen molar-refractivity contribution < 1.29 is 9.53 Å². The third kappa shape index (κ3) is 3.94. The van der Waals surface area contributed by atoms with Crippen molar-refractivity contribution in [2.75, 3.05) is 7.11 Å². The summed E-state index contributed by atoms with van der Waals surface area (Å²) < 4.78 is 5.28. The van der Waals surface area contributed by atoms with Crippen molar-refractivity contribution in [3.05, 3.63) is 101 Å². The Kier molecular flexibility index (Phi) is 5.37. The van der Waals surface area contributed by atoms with Gasteiger partial charge in [0, 0.05) is 5.56 Å². The van der Waals surface area contributed by atoms with Gasteiger partial charge in [0.25, 0.3) is 5.91 Å². The van der Waals surface area contributed by atoms with Crippen LogP contribution in [0, 0.1) is 13.8 Å². The zero-order valence-electron chi connectivity index (χ0n) is 15.3. The van der Waals surface area contributed by atoms with Crippen molar-refractivity contribution in [1.82, 2.24) is 5.32 Å². The molecule has 3 nitrogen and oxygen atoms in total. The minimum Gasteiger partial charge on any atom is -0.496 e. The molecule has 0 bridgehead atoms. The van der Waals surface area contributed by atoms with Crippen molar-refractivity contribution >= 4 is 5.91 Å². The van der Waals surface area contributed by atoms with E-state index in [2.05, 4.69) is 36.5 Å². The Morgan fingerprint density at radius 2 is 1.54 bits per heavy atom. The molecule has 0 heterocycles. The molecule has 1 N–H and O–H groups in total. The van der Waals surface area contributed by atoms with E-state index in [1.165, 1.54) is 5.56 Å². The number of benzene rings is 3. The van der Waals surface area contributed by atoms with Gasteiger partial charge < -0.3 is 10.1 Å². The molecule has 132 valence electrons. The summed E-state index contributed by atoms with van der Waals surface area (Å²) >= 11 is 0. The van der Waals surface area contributed by atoms with E-state index in [0.717, 1.165) is 22.4 Å². The first-order valence-corrected chi connectivity index (χ1v) is 8.65. The van der Waals surface area contributed by atoms with Crippen LogP contribution < -0.4 is 10.1 Å². The number of amides is 1. The number of carbonyl (C=O) groups excluding carboxylic acids is 1. The molecule has 3 aromatic carbocycles. The molecule has 1 unspecified atom stereocenters. The minimum absolute atomic E-state index is 0.106. The van der Waals surface area contributed by atoms with Crippen molar-refractivity contribution in [2.24, 2.45) is 0 Å². The Balaban J connectivity index is 1.91. The SMILES string of the molecule is COc1ccc(C(=O)NC(c2ccccc2)c2ccc(C)cc2)cc1C. The lowest BCUT2D eigenvalue weighted by Crippen LogP contribution is -2.29. The second kappa shape index (κ2) is 7.87. The standard InChI is InChI=1S/C23H23NO2/c1-16-9-11-19(12-10-16)22(18-7-5-4-6-8-18)24-23(25)20-13-14-21(26-3)17(2)15-20/h4-15,22H,1-3H3,(H,24,25). The highest BCUT2D eigenvalue weighted by molar-refractivity contribution is 5.95. The summed E-state index contributed by atoms with van der Waals surface area (Å²) in [5.41, 5.74) is 4.86. The number of methoxy groups -OCH3 is 1. The topological polar surface area (TPSA) is 38.3 Å². The summed E-state index contributed by atoms with van der Waals surface area (Å²) in [6, 6.07) is 23.5. The highest BCUT2D eigenvalue weighted by Crippen LogP contribution is 2.24. The quantitative estimate of drug-likeness (QED) is 0.719. The van der Waals surface area contributed by atoms with Gasteiger partial charge in [-0.2, -0.15) is 0 Å². The average Bonchev–Trinajstić information content (AvgIpc) is 2.67. The van der Waals surface area contributed by atoms with Crippen LogP contribution in [0.5, 0.6) is 5.75 Å². The molecule has 3 rings (SSSR count). The number of nitrogens with one attached hydrogen (secondary N) is 1. The van der Waals surface area contributed by atoms with Crippen LogP contribution in [-0.2, 0) is 0 Å². The highest BCUT2D eigenvalue weighted by Gasteiger charge is 2.18. The van der Waals surface area contributed by atoms with Gasteiger partial charge in [0.15, 0.2) is 0 Å². The normalized spacial score (nSPS) is 11.7. The summed E-state index contributed by atoms with van der Waals surface area (Å²) in [6.45, 7) is 3.99. The molecular weight excluding hydrogens is 322 g/mol. The number of aryl methyl sites for hydroxylation is 2. The monoisotopic (exact) mass is 345 g/mol. The first kappa shape index (κ1) is 17.7. The summed E-state index contributed by atoms with van der Waals surface area (Å²) in [6.07, 6.45) is 0. The Bertz CT molecular complexity index is 886. The van der Waals surface area contributed by atoms with E-state index >= 15 is 0 Å². The van der Waals surface area contributed by atoms with Gasteiger partial charge in [-0.1, -0.05) is 60.2 Å². The van der Waals surface area contributed by atoms with Crippen LogP contribution >= 0.6 is 0 Å². The Hall–Kier alpha value is -3.07. The molecule has 0 spiro atoms. The second-order valence-electron chi connectivity index (χ2n) is 6.41. The molecule has 0 saturated heterocycles. The molecule has 0 fully saturated rings. The molecule has 3 heteroatoms. The maximum absolute atomic E-state index is 12.9. The van der Waals surface area contributed by atoms with Gasteiger partial charge in [-0.15, -0.1) is 0 Å². The summed E-state index contributed by atoms with van der Waals surface area (Å²) in [5, 5.41) is 3.17. The number of ether oxygens (including phenoxy) is 1. The van der Waals surface area contributed by atoms with Crippen molar-refractivity contribution in [3.8, 4) is 5.75 Å². The van der Waals surface area contributed by atoms with Gasteiger partial charge in [-0.05, 0) is 48.7 Å². The van der Waals surface area contributed by atoms with Gasteiger partial charge >= 0.3 is 0 Å². The van der Waals surface area contributed by atoms with Crippen LogP contribution in [0.15, 0.2) is 72.8 Å². The van der Waals surface area contributed by atoms with E-state index in [9.17, 15) is 4.79 Å². The van der Waals surface area contributed by atoms with Gasteiger partial charge in [-0.3, -0.25) is 4.79 Å². The predicted molar refractivity (Wildman–Crippen MR) is 105 cm³/mol. The Morgan fingerprint density at radius 1 is 0.885 bits per heavy atom. The van der Waals surface area contributed by atoms with Crippen LogP contribution in [0.2, 0.25) is 0 Å². The van der Waals surface area contributed by atoms with Crippen LogP contribution in [0.25, 0.3) is 0 Å². The predicted octanol–water partition coefficient (Wildman–Crippen LogP) is 4.83. The number of hydrogen-bond donors (Lipinski definition) is 1. The van der Waals surface area contributed by atoms with E-state index in [0.29, 0.717) is 5.56 Å². The van der Waals surface area contributed by atoms with E-state index in [1.54, 1.807) is 13.2 Å². The molecular formula is C23H23NO2. The van der Waals surface area contributed by atoms with Crippen molar-refractivity contribution in [3.63, 3.8) is 0 Å². The lowest BCUT2D eigenvalue weighted by atomic mass is 9.97. The van der Waals surface area contributed by atoms with E-state index < -0.39 is 0 Å². The van der Waals surface area contributed by atoms with Gasteiger partial charge in [-0.25, -0.2) is 0 Å². The van der Waals surface area contributed by atoms with Gasteiger partial charge in [0.2, 0.25) is 0 Å². The molecule has 1 atom stereocenters. The highest BCUT2D eigenvalue weighted by atomic mass is 16.5. The molecule has 3 aromatic rings. The van der Waals surface area contributed by atoms with Gasteiger partial charge in [0.05, 0.1) is 13.2 Å². The van der Waals surface area contributed by atoms with Crippen LogP contribution in [0.4, 0.5) is 0 Å². The Labute approximate surface area is 154 Å². The summed E-state index contributed by atoms with van der Waals surface area (Å²) in [5.74, 6) is 0.671. The molecule has 0 aliphatic rings. The fourth-order valence-corrected chi connectivity index (χ4v) is 3.00. The second-order valence-corrected chi connectivity index (χ2v) is 6.41. The van der Waals surface area contributed by atoms with Gasteiger partial charge in [0.1, 0.15) is 5.75 Å². The van der Waals surface area contributed by atoms with E-state index in [-0.39, 0.29) is 11.9 Å². The Morgan fingerprint density at radius 3 is 2.15 bits per heavy atom. The minimum atomic E-state index is -0.202. The van der Waals surface area contributed by atoms with E-state index in [4.69, 9.17) is 4.74 Å². The summed E-state index contributed by atoms with van der Waals surface area (Å²) in [7, 11) is 1.63. The molecule has 0 radical (unpaired) electrons. The zero-order chi connectivity index (χ0) is 18.5. The van der Waals surface area contributed by atoms with Crippen LogP contribution in [-0.4, -0.2) is 13.0 Å². The number of rotatable bonds is 5. The largest absolute Gasteiger partial charge is 0.496 e. The van der Waals surface area contributed by atoms with Crippen molar-refractivity contribution in [1.29, 1.82) is 0 Å². The lowest BCUT2D eigenvalue weighted by Gasteiger charge is -2.20. The first-order chi connectivity index (χ1) is 12.6. The maximum Gasteiger partial charge on any atom is 0.252 e. The first-order valence-electron chi connectivity index (χ1n) is 8.65. The summed E-state index contributed by atoms with van der Waals surface area (Å²) in [4.78, 5) is 12.9. The third-order valence-corrected chi connectivity index (χ3v) is 4.48.